The second-order valence-corrected chi connectivity index (χ2v) is 21.4. The molecule has 3 N–H and O–H groups in total. The van der Waals surface area contributed by atoms with Gasteiger partial charge in [-0.25, -0.2) is 0 Å². The highest BCUT2D eigenvalue weighted by molar-refractivity contribution is 5.76. The Morgan fingerprint density at radius 2 is 0.681 bits per heavy atom. The van der Waals surface area contributed by atoms with Gasteiger partial charge in [0.1, 0.15) is 0 Å². The Hall–Kier alpha value is -1.66. The lowest BCUT2D eigenvalue weighted by molar-refractivity contribution is -0.143. The summed E-state index contributed by atoms with van der Waals surface area (Å²) >= 11 is 0. The van der Waals surface area contributed by atoms with Crippen LogP contribution in [-0.2, 0) is 14.3 Å². The summed E-state index contributed by atoms with van der Waals surface area (Å²) in [6, 6.07) is -0.638. The summed E-state index contributed by atoms with van der Waals surface area (Å²) in [6.07, 6.45) is 72.1. The summed E-state index contributed by atoms with van der Waals surface area (Å²) in [5.41, 5.74) is 0. The van der Waals surface area contributed by atoms with Crippen molar-refractivity contribution in [3.05, 3.63) is 24.3 Å². The first-order valence-corrected chi connectivity index (χ1v) is 31.1. The minimum atomic E-state index is -0.853. The number of hydrogen-bond acceptors (Lipinski definition) is 5. The van der Waals surface area contributed by atoms with Crippen molar-refractivity contribution in [3.63, 3.8) is 0 Å². The number of aliphatic hydroxyl groups excluding tert-OH is 2. The van der Waals surface area contributed by atoms with Crippen molar-refractivity contribution in [2.24, 2.45) is 0 Å². The third-order valence-corrected chi connectivity index (χ3v) is 14.5. The molecule has 1 amide bonds. The number of nitrogens with one attached hydrogen (secondary N) is 1. The Morgan fingerprint density at radius 1 is 0.391 bits per heavy atom. The second-order valence-electron chi connectivity index (χ2n) is 21.4. The van der Waals surface area contributed by atoms with Crippen LogP contribution in [0.25, 0.3) is 0 Å². The number of hydrogen-bond donors (Lipinski definition) is 3. The maximum absolute atomic E-state index is 12.5. The van der Waals surface area contributed by atoms with Gasteiger partial charge in [-0.15, -0.1) is 0 Å². The molecular formula is C63H121NO5. The predicted octanol–water partition coefficient (Wildman–Crippen LogP) is 19.4. The molecule has 2 unspecified atom stereocenters. The molecule has 0 aliphatic rings. The van der Waals surface area contributed by atoms with Crippen molar-refractivity contribution in [1.29, 1.82) is 0 Å². The standard InChI is InChI=1S/C63H121NO5/c1-3-5-7-9-11-13-15-17-19-21-24-27-31-35-39-43-47-51-55-61(66)60(59-65)64-62(67)56-52-48-44-40-36-32-28-25-22-23-26-30-34-38-42-46-50-54-58-69-63(68)57-53-49-45-41-37-33-29-20-18-16-14-12-10-8-6-4-2/h25,28,51,55,60-61,65-66H,3-24,26-27,29-50,52-54,56-59H2,1-2H3,(H,64,67)/b28-25-,55-51+. The van der Waals surface area contributed by atoms with Crippen LogP contribution in [0, 0.1) is 0 Å². The normalized spacial score (nSPS) is 12.7. The highest BCUT2D eigenvalue weighted by Gasteiger charge is 2.18. The summed E-state index contributed by atoms with van der Waals surface area (Å²) in [6.45, 7) is 4.92. The van der Waals surface area contributed by atoms with Gasteiger partial charge in [-0.3, -0.25) is 9.59 Å². The Morgan fingerprint density at radius 3 is 1.03 bits per heavy atom. The monoisotopic (exact) mass is 972 g/mol. The molecule has 6 nitrogen and oxygen atoms in total. The van der Waals surface area contributed by atoms with Gasteiger partial charge in [0.25, 0.3) is 0 Å². The number of amides is 1. The average molecular weight is 973 g/mol. The smallest absolute Gasteiger partial charge is 0.305 e. The maximum Gasteiger partial charge on any atom is 0.305 e. The number of rotatable bonds is 58. The zero-order chi connectivity index (χ0) is 50.0. The molecule has 0 heterocycles. The molecule has 69 heavy (non-hydrogen) atoms. The lowest BCUT2D eigenvalue weighted by Gasteiger charge is -2.20. The topological polar surface area (TPSA) is 95.9 Å². The molecule has 0 fully saturated rings. The first-order chi connectivity index (χ1) is 34.0. The molecule has 0 aromatic rings. The van der Waals surface area contributed by atoms with Gasteiger partial charge in [0, 0.05) is 12.8 Å². The van der Waals surface area contributed by atoms with Crippen LogP contribution in [-0.4, -0.2) is 47.4 Å². The molecule has 408 valence electrons. The number of carbonyl (C=O) groups is 2. The molecule has 0 saturated heterocycles. The Balaban J connectivity index is 3.46. The third kappa shape index (κ3) is 55.5. The van der Waals surface area contributed by atoms with E-state index in [0.29, 0.717) is 19.4 Å². The van der Waals surface area contributed by atoms with Crippen molar-refractivity contribution in [2.75, 3.05) is 13.2 Å². The molecule has 0 aliphatic carbocycles. The second kappa shape index (κ2) is 58.9. The molecule has 0 saturated carbocycles. The quantitative estimate of drug-likeness (QED) is 0.0321. The third-order valence-electron chi connectivity index (χ3n) is 14.5. The van der Waals surface area contributed by atoms with Crippen molar-refractivity contribution in [3.8, 4) is 0 Å². The zero-order valence-electron chi connectivity index (χ0n) is 46.6. The molecule has 0 bridgehead atoms. The first kappa shape index (κ1) is 67.3. The molecule has 6 heteroatoms. The molecule has 0 aromatic heterocycles. The van der Waals surface area contributed by atoms with Crippen LogP contribution in [0.2, 0.25) is 0 Å². The molecular weight excluding hydrogens is 851 g/mol. The van der Waals surface area contributed by atoms with E-state index in [1.807, 2.05) is 6.08 Å². The largest absolute Gasteiger partial charge is 0.466 e. The van der Waals surface area contributed by atoms with E-state index in [-0.39, 0.29) is 18.5 Å². The minimum absolute atomic E-state index is 0.00602. The summed E-state index contributed by atoms with van der Waals surface area (Å²) in [5.74, 6) is -0.0737. The number of aliphatic hydroxyl groups is 2. The number of allylic oxidation sites excluding steroid dienone is 3. The fraction of sp³-hybridized carbons (Fsp3) is 0.905. The molecule has 0 spiro atoms. The molecule has 0 aromatic carbocycles. The minimum Gasteiger partial charge on any atom is -0.466 e. The highest BCUT2D eigenvalue weighted by Crippen LogP contribution is 2.17. The van der Waals surface area contributed by atoms with E-state index in [9.17, 15) is 19.8 Å². The fourth-order valence-electron chi connectivity index (χ4n) is 9.69. The summed E-state index contributed by atoms with van der Waals surface area (Å²) in [7, 11) is 0. The molecule has 0 aliphatic heterocycles. The Labute approximate surface area is 431 Å². The summed E-state index contributed by atoms with van der Waals surface area (Å²) in [4.78, 5) is 24.5. The Bertz CT molecular complexity index is 1080. The number of ether oxygens (including phenoxy) is 1. The van der Waals surface area contributed by atoms with E-state index in [4.69, 9.17) is 4.74 Å². The summed E-state index contributed by atoms with van der Waals surface area (Å²) in [5, 5.41) is 23.2. The zero-order valence-corrected chi connectivity index (χ0v) is 46.6. The van der Waals surface area contributed by atoms with E-state index in [2.05, 4.69) is 31.3 Å². The van der Waals surface area contributed by atoms with Gasteiger partial charge in [-0.05, 0) is 57.8 Å². The lowest BCUT2D eigenvalue weighted by Crippen LogP contribution is -2.45. The maximum atomic E-state index is 12.5. The van der Waals surface area contributed by atoms with Crippen molar-refractivity contribution in [1.82, 2.24) is 5.32 Å². The van der Waals surface area contributed by atoms with E-state index in [1.54, 1.807) is 6.08 Å². The highest BCUT2D eigenvalue weighted by atomic mass is 16.5. The van der Waals surface area contributed by atoms with Crippen LogP contribution < -0.4 is 5.32 Å². The van der Waals surface area contributed by atoms with Crippen molar-refractivity contribution < 1.29 is 24.5 Å². The van der Waals surface area contributed by atoms with Gasteiger partial charge >= 0.3 is 5.97 Å². The van der Waals surface area contributed by atoms with E-state index >= 15 is 0 Å². The summed E-state index contributed by atoms with van der Waals surface area (Å²) < 4.78 is 5.49. The number of esters is 1. The first-order valence-electron chi connectivity index (χ1n) is 31.1. The van der Waals surface area contributed by atoms with Gasteiger partial charge < -0.3 is 20.3 Å². The average Bonchev–Trinajstić information content (AvgIpc) is 3.35. The van der Waals surface area contributed by atoms with Gasteiger partial charge in [0.15, 0.2) is 0 Å². The number of carbonyl (C=O) groups excluding carboxylic acids is 2. The van der Waals surface area contributed by atoms with Crippen LogP contribution in [0.1, 0.15) is 341 Å². The van der Waals surface area contributed by atoms with Gasteiger partial charge in [0.05, 0.1) is 25.4 Å². The van der Waals surface area contributed by atoms with Gasteiger partial charge in [-0.1, -0.05) is 295 Å². The van der Waals surface area contributed by atoms with Crippen LogP contribution >= 0.6 is 0 Å². The number of unbranched alkanes of at least 4 members (excludes halogenated alkanes) is 45. The van der Waals surface area contributed by atoms with E-state index in [1.165, 1.54) is 257 Å². The van der Waals surface area contributed by atoms with E-state index < -0.39 is 12.1 Å². The van der Waals surface area contributed by atoms with Crippen LogP contribution in [0.15, 0.2) is 24.3 Å². The van der Waals surface area contributed by atoms with E-state index in [0.717, 1.165) is 57.8 Å². The SMILES string of the molecule is CCCCCCCCCCCCCCCCCC/C=C/C(O)C(CO)NC(=O)CCCCCCC/C=C\CCCCCCCCCCCOC(=O)CCCCCCCCCCCCCCCCCC. The predicted molar refractivity (Wildman–Crippen MR) is 301 cm³/mol. The Kier molecular flexibility index (Phi) is 57.5. The molecule has 0 rings (SSSR count). The molecule has 0 radical (unpaired) electrons. The van der Waals surface area contributed by atoms with Gasteiger partial charge in [-0.2, -0.15) is 0 Å². The van der Waals surface area contributed by atoms with Crippen LogP contribution in [0.5, 0.6) is 0 Å². The molecule has 2 atom stereocenters. The van der Waals surface area contributed by atoms with Crippen LogP contribution in [0.3, 0.4) is 0 Å². The fourth-order valence-corrected chi connectivity index (χ4v) is 9.69. The van der Waals surface area contributed by atoms with Gasteiger partial charge in [0.2, 0.25) is 5.91 Å². The lowest BCUT2D eigenvalue weighted by atomic mass is 10.0. The van der Waals surface area contributed by atoms with Crippen molar-refractivity contribution in [2.45, 2.75) is 353 Å². The van der Waals surface area contributed by atoms with Crippen molar-refractivity contribution >= 4 is 11.9 Å². The van der Waals surface area contributed by atoms with Crippen LogP contribution in [0.4, 0.5) is 0 Å².